The number of benzene rings is 1. The summed E-state index contributed by atoms with van der Waals surface area (Å²) in [5.74, 6) is 0.396. The molecule has 1 aliphatic rings. The van der Waals surface area contributed by atoms with Crippen molar-refractivity contribution in [2.45, 2.75) is 25.0 Å². The number of fused-ring (bicyclic) bond motifs is 1. The largest absolute Gasteiger partial charge is 0.342 e. The van der Waals surface area contributed by atoms with E-state index < -0.39 is 0 Å². The van der Waals surface area contributed by atoms with Crippen LogP contribution in [0.1, 0.15) is 12.0 Å². The van der Waals surface area contributed by atoms with Gasteiger partial charge in [-0.2, -0.15) is 0 Å². The molecule has 1 aromatic carbocycles. The number of aryl methyl sites for hydroxylation is 1. The Labute approximate surface area is 171 Å². The van der Waals surface area contributed by atoms with Crippen LogP contribution in [0, 0.1) is 6.92 Å². The smallest absolute Gasteiger partial charge is 0.263 e. The monoisotopic (exact) mass is 411 g/mol. The zero-order valence-corrected chi connectivity index (χ0v) is 17.3. The molecule has 0 bridgehead atoms. The van der Waals surface area contributed by atoms with Gasteiger partial charge in [0.15, 0.2) is 5.16 Å². The summed E-state index contributed by atoms with van der Waals surface area (Å²) < 4.78 is 1.62. The van der Waals surface area contributed by atoms with Gasteiger partial charge < -0.3 is 4.90 Å². The van der Waals surface area contributed by atoms with Crippen molar-refractivity contribution >= 4 is 39.2 Å². The molecule has 144 valence electrons. The van der Waals surface area contributed by atoms with Gasteiger partial charge in [0.2, 0.25) is 5.91 Å². The van der Waals surface area contributed by atoms with Gasteiger partial charge in [-0.05, 0) is 18.9 Å². The van der Waals surface area contributed by atoms with Crippen LogP contribution in [0.25, 0.3) is 21.3 Å². The Balaban J connectivity index is 1.73. The van der Waals surface area contributed by atoms with E-state index in [1.54, 1.807) is 10.6 Å². The highest BCUT2D eigenvalue weighted by atomic mass is 32.2. The van der Waals surface area contributed by atoms with Crippen molar-refractivity contribution in [3.8, 4) is 11.1 Å². The van der Waals surface area contributed by atoms with Crippen LogP contribution in [-0.2, 0) is 11.3 Å². The molecule has 1 fully saturated rings. The first-order chi connectivity index (χ1) is 13.6. The molecule has 1 aliphatic heterocycles. The third-order valence-corrected chi connectivity index (χ3v) is 6.70. The molecule has 1 saturated heterocycles. The molecule has 28 heavy (non-hydrogen) atoms. The topological polar surface area (TPSA) is 55.2 Å². The van der Waals surface area contributed by atoms with Crippen LogP contribution < -0.4 is 5.56 Å². The Morgan fingerprint density at radius 3 is 2.71 bits per heavy atom. The summed E-state index contributed by atoms with van der Waals surface area (Å²) >= 11 is 2.79. The lowest BCUT2D eigenvalue weighted by Gasteiger charge is -2.30. The number of rotatable bonds is 6. The first-order valence-electron chi connectivity index (χ1n) is 9.19. The Kier molecular flexibility index (Phi) is 5.37. The fraction of sp³-hybridized carbons (Fsp3) is 0.286. The van der Waals surface area contributed by atoms with Crippen molar-refractivity contribution in [2.24, 2.45) is 0 Å². The highest BCUT2D eigenvalue weighted by molar-refractivity contribution is 7.99. The van der Waals surface area contributed by atoms with Gasteiger partial charge in [-0.15, -0.1) is 17.9 Å². The third-order valence-electron chi connectivity index (χ3n) is 4.87. The molecule has 0 radical (unpaired) electrons. The summed E-state index contributed by atoms with van der Waals surface area (Å²) in [6.45, 7) is 7.84. The molecule has 5 nitrogen and oxygen atoms in total. The van der Waals surface area contributed by atoms with E-state index in [0.29, 0.717) is 27.7 Å². The number of aromatic nitrogens is 2. The molecule has 0 spiro atoms. The van der Waals surface area contributed by atoms with Crippen molar-refractivity contribution < 1.29 is 4.79 Å². The normalized spacial score (nSPS) is 13.5. The number of hydrogen-bond acceptors (Lipinski definition) is 5. The number of carbonyl (C=O) groups excluding carboxylic acids is 1. The zero-order valence-electron chi connectivity index (χ0n) is 15.7. The minimum Gasteiger partial charge on any atom is -0.342 e. The number of carbonyl (C=O) groups is 1. The van der Waals surface area contributed by atoms with Crippen LogP contribution in [0.2, 0.25) is 0 Å². The van der Waals surface area contributed by atoms with E-state index in [4.69, 9.17) is 4.98 Å². The Hall–Kier alpha value is -2.38. The van der Waals surface area contributed by atoms with Crippen molar-refractivity contribution in [3.05, 3.63) is 58.2 Å². The number of hydrogen-bond donors (Lipinski definition) is 0. The third kappa shape index (κ3) is 3.52. The average molecular weight is 412 g/mol. The summed E-state index contributed by atoms with van der Waals surface area (Å²) in [4.78, 5) is 32.7. The predicted octanol–water partition coefficient (Wildman–Crippen LogP) is 3.94. The molecular formula is C21H21N3O2S2. The molecule has 7 heteroatoms. The zero-order chi connectivity index (χ0) is 19.7. The van der Waals surface area contributed by atoms with Gasteiger partial charge in [-0.25, -0.2) is 4.98 Å². The molecule has 0 aliphatic carbocycles. The predicted molar refractivity (Wildman–Crippen MR) is 116 cm³/mol. The molecule has 0 saturated carbocycles. The van der Waals surface area contributed by atoms with Crippen molar-refractivity contribution in [1.82, 2.24) is 14.5 Å². The summed E-state index contributed by atoms with van der Waals surface area (Å²) in [7, 11) is 0. The number of amides is 1. The highest BCUT2D eigenvalue weighted by Gasteiger charge is 2.22. The van der Waals surface area contributed by atoms with E-state index in [0.717, 1.165) is 30.6 Å². The highest BCUT2D eigenvalue weighted by Crippen LogP contribution is 2.32. The Morgan fingerprint density at radius 2 is 2.07 bits per heavy atom. The maximum absolute atomic E-state index is 13.3. The second-order valence-corrected chi connectivity index (χ2v) is 8.62. The summed E-state index contributed by atoms with van der Waals surface area (Å²) in [6.07, 6.45) is 2.76. The molecule has 4 rings (SSSR count). The van der Waals surface area contributed by atoms with Gasteiger partial charge in [0.05, 0.1) is 11.1 Å². The van der Waals surface area contributed by atoms with Gasteiger partial charge in [0.25, 0.3) is 5.56 Å². The van der Waals surface area contributed by atoms with Crippen LogP contribution >= 0.6 is 23.1 Å². The van der Waals surface area contributed by atoms with Crippen LogP contribution in [-0.4, -0.2) is 39.2 Å². The summed E-state index contributed by atoms with van der Waals surface area (Å²) in [5.41, 5.74) is 3.01. The first-order valence-corrected chi connectivity index (χ1v) is 11.1. The molecule has 2 aromatic heterocycles. The lowest BCUT2D eigenvalue weighted by atomic mass is 10.1. The number of thioether (sulfide) groups is 1. The summed E-state index contributed by atoms with van der Waals surface area (Å²) in [5, 5.41) is 3.19. The SMILES string of the molecule is C=CCn1c(SCC(=O)N2CCC2)nc2scc(-c3ccc(C)cc3)c2c1=O. The van der Waals surface area contributed by atoms with E-state index >= 15 is 0 Å². The van der Waals surface area contributed by atoms with Gasteiger partial charge in [0.1, 0.15) is 4.83 Å². The molecule has 0 unspecified atom stereocenters. The fourth-order valence-electron chi connectivity index (χ4n) is 3.13. The van der Waals surface area contributed by atoms with Crippen LogP contribution in [0.15, 0.2) is 52.3 Å². The summed E-state index contributed by atoms with van der Waals surface area (Å²) in [6, 6.07) is 8.14. The van der Waals surface area contributed by atoms with Crippen LogP contribution in [0.3, 0.4) is 0 Å². The van der Waals surface area contributed by atoms with Gasteiger partial charge >= 0.3 is 0 Å². The molecule has 3 heterocycles. The number of allylic oxidation sites excluding steroid dienone is 1. The molecule has 1 amide bonds. The van der Waals surface area contributed by atoms with Gasteiger partial charge in [0, 0.05) is 30.6 Å². The average Bonchev–Trinajstić information content (AvgIpc) is 3.06. The first kappa shape index (κ1) is 19.0. The lowest BCUT2D eigenvalue weighted by molar-refractivity contribution is -0.131. The van der Waals surface area contributed by atoms with E-state index in [1.165, 1.54) is 28.7 Å². The van der Waals surface area contributed by atoms with E-state index in [-0.39, 0.29) is 11.5 Å². The van der Waals surface area contributed by atoms with Crippen molar-refractivity contribution in [1.29, 1.82) is 0 Å². The van der Waals surface area contributed by atoms with Crippen molar-refractivity contribution in [3.63, 3.8) is 0 Å². The second kappa shape index (κ2) is 7.93. The molecule has 0 atom stereocenters. The Bertz CT molecular complexity index is 1100. The number of thiophene rings is 1. The van der Waals surface area contributed by atoms with E-state index in [2.05, 4.69) is 6.58 Å². The minimum atomic E-state index is -0.0828. The fourth-order valence-corrected chi connectivity index (χ4v) is 5.03. The minimum absolute atomic E-state index is 0.0828. The Morgan fingerprint density at radius 1 is 1.32 bits per heavy atom. The number of likely N-dealkylation sites (tertiary alicyclic amines) is 1. The number of nitrogens with zero attached hydrogens (tertiary/aromatic N) is 3. The van der Waals surface area contributed by atoms with E-state index in [1.807, 2.05) is 41.5 Å². The van der Waals surface area contributed by atoms with E-state index in [9.17, 15) is 9.59 Å². The molecule has 0 N–H and O–H groups in total. The molecule has 3 aromatic rings. The lowest BCUT2D eigenvalue weighted by Crippen LogP contribution is -2.43. The second-order valence-electron chi connectivity index (χ2n) is 6.82. The molecular weight excluding hydrogens is 390 g/mol. The maximum Gasteiger partial charge on any atom is 0.263 e. The van der Waals surface area contributed by atoms with Gasteiger partial charge in [-0.1, -0.05) is 47.7 Å². The standard InChI is InChI=1S/C21H21N3O2S2/c1-3-9-24-20(26)18-16(15-7-5-14(2)6-8-15)12-27-19(18)22-21(24)28-13-17(25)23-10-4-11-23/h3,5-8,12H,1,4,9-11,13H2,2H3. The van der Waals surface area contributed by atoms with Gasteiger partial charge in [-0.3, -0.25) is 14.2 Å². The van der Waals surface area contributed by atoms with Crippen LogP contribution in [0.5, 0.6) is 0 Å². The van der Waals surface area contributed by atoms with Crippen molar-refractivity contribution in [2.75, 3.05) is 18.8 Å². The van der Waals surface area contributed by atoms with Crippen LogP contribution in [0.4, 0.5) is 0 Å². The quantitative estimate of drug-likeness (QED) is 0.350. The maximum atomic E-state index is 13.3.